The lowest BCUT2D eigenvalue weighted by Gasteiger charge is -2.08. The zero-order valence-electron chi connectivity index (χ0n) is 10.00. The van der Waals surface area contributed by atoms with Crippen LogP contribution in [0.2, 0.25) is 0 Å². The van der Waals surface area contributed by atoms with Gasteiger partial charge < -0.3 is 19.7 Å². The monoisotopic (exact) mass is 236 g/mol. The van der Waals surface area contributed by atoms with Crippen LogP contribution < -0.4 is 10.6 Å². The maximum atomic E-state index is 5.46. The Labute approximate surface area is 99.2 Å². The number of imidazole rings is 1. The van der Waals surface area contributed by atoms with E-state index in [-0.39, 0.29) is 0 Å². The highest BCUT2D eigenvalue weighted by molar-refractivity contribution is 5.47. The van der Waals surface area contributed by atoms with Gasteiger partial charge in [-0.1, -0.05) is 0 Å². The van der Waals surface area contributed by atoms with Crippen molar-refractivity contribution >= 4 is 5.95 Å². The summed E-state index contributed by atoms with van der Waals surface area (Å²) in [5, 5.41) is 3.88. The number of hydrogen-bond acceptors (Lipinski definition) is 6. The SMILES string of the molecule is CCN(C)c1noc(-c2cn(CCN)cn2)n1. The molecule has 0 bridgehead atoms. The second-order valence-corrected chi connectivity index (χ2v) is 3.70. The van der Waals surface area contributed by atoms with Crippen LogP contribution in [0.5, 0.6) is 0 Å². The van der Waals surface area contributed by atoms with Crippen LogP contribution in [0.1, 0.15) is 6.92 Å². The van der Waals surface area contributed by atoms with Crippen molar-refractivity contribution in [2.45, 2.75) is 13.5 Å². The number of nitrogens with zero attached hydrogens (tertiary/aromatic N) is 5. The van der Waals surface area contributed by atoms with Gasteiger partial charge in [-0.3, -0.25) is 0 Å². The zero-order chi connectivity index (χ0) is 12.3. The van der Waals surface area contributed by atoms with Crippen LogP contribution in [0.25, 0.3) is 11.6 Å². The molecule has 92 valence electrons. The highest BCUT2D eigenvalue weighted by Crippen LogP contribution is 2.17. The topological polar surface area (TPSA) is 86.0 Å². The molecule has 0 aliphatic heterocycles. The zero-order valence-corrected chi connectivity index (χ0v) is 10.00. The Balaban J connectivity index is 2.18. The number of anilines is 1. The molecular formula is C10H16N6O. The standard InChI is InChI=1S/C10H16N6O/c1-3-15(2)10-13-9(17-14-10)8-6-16(5-4-11)7-12-8/h6-7H,3-5,11H2,1-2H3. The summed E-state index contributed by atoms with van der Waals surface area (Å²) in [5.74, 6) is 0.993. The molecule has 2 aromatic rings. The molecule has 0 unspecified atom stereocenters. The molecule has 0 amide bonds. The first-order valence-corrected chi connectivity index (χ1v) is 5.51. The van der Waals surface area contributed by atoms with Crippen molar-refractivity contribution in [3.05, 3.63) is 12.5 Å². The predicted molar refractivity (Wildman–Crippen MR) is 63.5 cm³/mol. The predicted octanol–water partition coefficient (Wildman–Crippen LogP) is 0.348. The van der Waals surface area contributed by atoms with Gasteiger partial charge in [-0.15, -0.1) is 0 Å². The minimum Gasteiger partial charge on any atom is -0.342 e. The minimum atomic E-state index is 0.427. The van der Waals surface area contributed by atoms with E-state index < -0.39 is 0 Å². The number of rotatable bonds is 5. The normalized spacial score (nSPS) is 10.8. The van der Waals surface area contributed by atoms with E-state index in [0.29, 0.717) is 24.1 Å². The van der Waals surface area contributed by atoms with E-state index >= 15 is 0 Å². The first-order chi connectivity index (χ1) is 8.24. The quantitative estimate of drug-likeness (QED) is 0.806. The van der Waals surface area contributed by atoms with Crippen molar-refractivity contribution in [2.75, 3.05) is 25.0 Å². The fourth-order valence-corrected chi connectivity index (χ4v) is 1.36. The van der Waals surface area contributed by atoms with Crippen LogP contribution in [-0.2, 0) is 6.54 Å². The highest BCUT2D eigenvalue weighted by Gasteiger charge is 2.13. The van der Waals surface area contributed by atoms with Gasteiger partial charge in [0.25, 0.3) is 11.8 Å². The maximum Gasteiger partial charge on any atom is 0.279 e. The van der Waals surface area contributed by atoms with Gasteiger partial charge in [0.05, 0.1) is 6.33 Å². The molecule has 0 radical (unpaired) electrons. The van der Waals surface area contributed by atoms with E-state index in [2.05, 4.69) is 15.1 Å². The van der Waals surface area contributed by atoms with Crippen LogP contribution in [0.15, 0.2) is 17.0 Å². The van der Waals surface area contributed by atoms with Gasteiger partial charge in [-0.2, -0.15) is 4.98 Å². The minimum absolute atomic E-state index is 0.427. The van der Waals surface area contributed by atoms with Gasteiger partial charge in [0.1, 0.15) is 5.69 Å². The molecule has 0 aromatic carbocycles. The number of aromatic nitrogens is 4. The molecule has 0 spiro atoms. The average molecular weight is 236 g/mol. The van der Waals surface area contributed by atoms with Crippen LogP contribution in [0.4, 0.5) is 5.95 Å². The maximum absolute atomic E-state index is 5.46. The molecule has 2 N–H and O–H groups in total. The number of nitrogens with two attached hydrogens (primary N) is 1. The van der Waals surface area contributed by atoms with Gasteiger partial charge in [0, 0.05) is 32.9 Å². The summed E-state index contributed by atoms with van der Waals surface area (Å²) in [6.45, 7) is 4.14. The molecule has 0 saturated carbocycles. The Kier molecular flexibility index (Phi) is 3.38. The summed E-state index contributed by atoms with van der Waals surface area (Å²) in [7, 11) is 1.90. The highest BCUT2D eigenvalue weighted by atomic mass is 16.5. The van der Waals surface area contributed by atoms with E-state index in [4.69, 9.17) is 10.3 Å². The molecule has 17 heavy (non-hydrogen) atoms. The molecule has 2 rings (SSSR count). The lowest BCUT2D eigenvalue weighted by Crippen LogP contribution is -2.16. The lowest BCUT2D eigenvalue weighted by molar-refractivity contribution is 0.429. The summed E-state index contributed by atoms with van der Waals surface area (Å²) in [6.07, 6.45) is 3.55. The molecule has 2 aromatic heterocycles. The Morgan fingerprint density at radius 2 is 2.35 bits per heavy atom. The second kappa shape index (κ2) is 4.96. The third-order valence-corrected chi connectivity index (χ3v) is 2.47. The van der Waals surface area contributed by atoms with E-state index in [9.17, 15) is 0 Å². The Bertz CT molecular complexity index is 477. The smallest absolute Gasteiger partial charge is 0.279 e. The molecule has 2 heterocycles. The first-order valence-electron chi connectivity index (χ1n) is 5.51. The van der Waals surface area contributed by atoms with Crippen molar-refractivity contribution in [2.24, 2.45) is 5.73 Å². The summed E-state index contributed by atoms with van der Waals surface area (Å²) >= 11 is 0. The fraction of sp³-hybridized carbons (Fsp3) is 0.500. The summed E-state index contributed by atoms with van der Waals surface area (Å²) in [6, 6.07) is 0. The van der Waals surface area contributed by atoms with E-state index in [1.54, 1.807) is 6.33 Å². The van der Waals surface area contributed by atoms with Gasteiger partial charge >= 0.3 is 0 Å². The third kappa shape index (κ3) is 2.44. The second-order valence-electron chi connectivity index (χ2n) is 3.70. The van der Waals surface area contributed by atoms with Gasteiger partial charge in [0.15, 0.2) is 0 Å². The van der Waals surface area contributed by atoms with Crippen LogP contribution >= 0.6 is 0 Å². The lowest BCUT2D eigenvalue weighted by atomic mass is 10.5. The summed E-state index contributed by atoms with van der Waals surface area (Å²) < 4.78 is 7.05. The molecule has 0 fully saturated rings. The summed E-state index contributed by atoms with van der Waals surface area (Å²) in [4.78, 5) is 10.4. The van der Waals surface area contributed by atoms with Crippen LogP contribution in [-0.4, -0.2) is 39.8 Å². The van der Waals surface area contributed by atoms with Gasteiger partial charge in [-0.25, -0.2) is 4.98 Å². The molecular weight excluding hydrogens is 220 g/mol. The van der Waals surface area contributed by atoms with Crippen molar-refractivity contribution in [1.29, 1.82) is 0 Å². The van der Waals surface area contributed by atoms with Crippen LogP contribution in [0.3, 0.4) is 0 Å². The average Bonchev–Trinajstić information content (AvgIpc) is 2.96. The fourth-order valence-electron chi connectivity index (χ4n) is 1.36. The van der Waals surface area contributed by atoms with Crippen LogP contribution in [0, 0.1) is 0 Å². The molecule has 7 nitrogen and oxygen atoms in total. The third-order valence-electron chi connectivity index (χ3n) is 2.47. The molecule has 7 heteroatoms. The molecule has 0 saturated heterocycles. The van der Waals surface area contributed by atoms with Gasteiger partial charge in [0.2, 0.25) is 0 Å². The summed E-state index contributed by atoms with van der Waals surface area (Å²) in [5.41, 5.74) is 6.13. The Morgan fingerprint density at radius 1 is 1.53 bits per heavy atom. The first kappa shape index (κ1) is 11.6. The van der Waals surface area contributed by atoms with Crippen molar-refractivity contribution in [3.63, 3.8) is 0 Å². The van der Waals surface area contributed by atoms with E-state index in [1.165, 1.54) is 0 Å². The largest absolute Gasteiger partial charge is 0.342 e. The number of hydrogen-bond donors (Lipinski definition) is 1. The Morgan fingerprint density at radius 3 is 3.06 bits per heavy atom. The van der Waals surface area contributed by atoms with Crippen molar-refractivity contribution in [3.8, 4) is 11.6 Å². The van der Waals surface area contributed by atoms with E-state index in [0.717, 1.165) is 13.1 Å². The molecule has 0 atom stereocenters. The van der Waals surface area contributed by atoms with Gasteiger partial charge in [-0.05, 0) is 12.1 Å². The molecule has 0 aliphatic rings. The van der Waals surface area contributed by atoms with Crippen molar-refractivity contribution in [1.82, 2.24) is 19.7 Å². The van der Waals surface area contributed by atoms with Crippen molar-refractivity contribution < 1.29 is 4.52 Å². The molecule has 0 aliphatic carbocycles. The van der Waals surface area contributed by atoms with E-state index in [1.807, 2.05) is 29.6 Å². The Hall–Kier alpha value is -1.89.